The van der Waals surface area contributed by atoms with Crippen LogP contribution in [0, 0.1) is 11.2 Å². The summed E-state index contributed by atoms with van der Waals surface area (Å²) in [5.41, 5.74) is 13.6. The summed E-state index contributed by atoms with van der Waals surface area (Å²) >= 11 is 0. The fourth-order valence-electron chi connectivity index (χ4n) is 3.16. The molecule has 1 amide bonds. The zero-order valence-corrected chi connectivity index (χ0v) is 21.7. The Hall–Kier alpha value is -4.52. The molecule has 13 heteroatoms. The number of nitrogens with zero attached hydrogens (tertiary/aromatic N) is 3. The number of rotatable bonds is 11. The number of benzene rings is 2. The van der Waals surface area contributed by atoms with Crippen LogP contribution in [0.15, 0.2) is 48.7 Å². The molecule has 0 aliphatic carbocycles. The molecule has 0 unspecified atom stereocenters. The predicted molar refractivity (Wildman–Crippen MR) is 144 cm³/mol. The van der Waals surface area contributed by atoms with Gasteiger partial charge in [-0.15, -0.1) is 0 Å². The first-order valence-corrected chi connectivity index (χ1v) is 11.6. The van der Waals surface area contributed by atoms with Gasteiger partial charge in [0, 0.05) is 62.8 Å². The average molecular weight is 546 g/mol. The van der Waals surface area contributed by atoms with Crippen LogP contribution in [0.2, 0.25) is 0 Å². The monoisotopic (exact) mass is 545 g/mol. The van der Waals surface area contributed by atoms with Crippen LogP contribution in [0.3, 0.4) is 0 Å². The van der Waals surface area contributed by atoms with Crippen LogP contribution in [0.1, 0.15) is 36.2 Å². The molecule has 3 aromatic rings. The molecule has 1 heterocycles. The van der Waals surface area contributed by atoms with Crippen molar-refractivity contribution in [3.8, 4) is 0 Å². The Bertz CT molecular complexity index is 1320. The lowest BCUT2D eigenvalue weighted by Gasteiger charge is -2.26. The summed E-state index contributed by atoms with van der Waals surface area (Å²) in [5, 5.41) is 10.7. The number of nitrogen functional groups attached to an aromatic ring is 1. The van der Waals surface area contributed by atoms with E-state index in [0.29, 0.717) is 54.7 Å². The van der Waals surface area contributed by atoms with Crippen molar-refractivity contribution in [3.05, 3.63) is 65.6 Å². The van der Waals surface area contributed by atoms with Crippen LogP contribution in [-0.4, -0.2) is 54.1 Å². The molecule has 10 nitrogen and oxygen atoms in total. The number of nitrogens with two attached hydrogens (primary N) is 2. The van der Waals surface area contributed by atoms with E-state index < -0.39 is 23.4 Å². The number of nitrogens with one attached hydrogen (secondary N) is 2. The van der Waals surface area contributed by atoms with Gasteiger partial charge in [0.25, 0.3) is 0 Å². The number of aromatic nitrogens is 2. The second-order valence-electron chi connectivity index (χ2n) is 8.30. The van der Waals surface area contributed by atoms with E-state index in [1.165, 1.54) is 0 Å². The lowest BCUT2D eigenvalue weighted by molar-refractivity contribution is -0.138. The van der Waals surface area contributed by atoms with E-state index in [1.807, 2.05) is 0 Å². The lowest BCUT2D eigenvalue weighted by atomic mass is 10.1. The minimum atomic E-state index is -3.14. The third kappa shape index (κ3) is 8.78. The standard InChI is InChI=1S/C22H24FN7O2.C4H6F2O/c1-32-10-4-9-30(19-8-3-7-18(25)16(19)12-24)21-17(23)13-27-22(29-21)28-15-6-2-5-14(11-15)20(26)31;1-3(7)4(2,5)6/h2-3,5-8,11-13,24H,4,9-10,25H2,1H3,(H2,26,31)(H,27,28,29);1-2H3. The number of Topliss-reactive ketones (excluding diaryl/α,β-unsaturated/α-hetero) is 1. The van der Waals surface area contributed by atoms with Crippen LogP contribution in [-0.2, 0) is 9.53 Å². The molecule has 0 bridgehead atoms. The van der Waals surface area contributed by atoms with Crippen molar-refractivity contribution in [2.75, 3.05) is 36.2 Å². The second kappa shape index (κ2) is 13.9. The van der Waals surface area contributed by atoms with Gasteiger partial charge in [0.1, 0.15) is 0 Å². The molecule has 0 spiro atoms. The molecule has 0 saturated carbocycles. The highest BCUT2D eigenvalue weighted by molar-refractivity contribution is 5.95. The molecule has 0 saturated heterocycles. The summed E-state index contributed by atoms with van der Waals surface area (Å²) in [4.78, 5) is 31.1. The normalized spacial score (nSPS) is 10.7. The zero-order valence-electron chi connectivity index (χ0n) is 21.7. The van der Waals surface area contributed by atoms with E-state index in [1.54, 1.807) is 54.5 Å². The Morgan fingerprint density at radius 2 is 1.90 bits per heavy atom. The largest absolute Gasteiger partial charge is 0.398 e. The van der Waals surface area contributed by atoms with Gasteiger partial charge >= 0.3 is 5.92 Å². The molecule has 0 fully saturated rings. The minimum absolute atomic E-state index is 0.0124. The summed E-state index contributed by atoms with van der Waals surface area (Å²) in [6, 6.07) is 11.7. The first-order valence-electron chi connectivity index (χ1n) is 11.6. The van der Waals surface area contributed by atoms with Gasteiger partial charge in [0.05, 0.1) is 11.9 Å². The number of carbonyl (C=O) groups is 2. The topological polar surface area (TPSA) is 160 Å². The smallest absolute Gasteiger partial charge is 0.302 e. The molecular weight excluding hydrogens is 515 g/mol. The van der Waals surface area contributed by atoms with E-state index >= 15 is 0 Å². The van der Waals surface area contributed by atoms with Crippen molar-refractivity contribution in [1.82, 2.24) is 9.97 Å². The Morgan fingerprint density at radius 1 is 1.23 bits per heavy atom. The fourth-order valence-corrected chi connectivity index (χ4v) is 3.16. The minimum Gasteiger partial charge on any atom is -0.398 e. The Morgan fingerprint density at radius 3 is 2.49 bits per heavy atom. The van der Waals surface area contributed by atoms with Crippen molar-refractivity contribution in [2.45, 2.75) is 26.2 Å². The first kappa shape index (κ1) is 30.7. The van der Waals surface area contributed by atoms with Crippen LogP contribution >= 0.6 is 0 Å². The van der Waals surface area contributed by atoms with E-state index in [9.17, 15) is 22.8 Å². The Balaban J connectivity index is 0.000000673. The Kier molecular flexibility index (Phi) is 10.9. The van der Waals surface area contributed by atoms with Gasteiger partial charge < -0.3 is 31.8 Å². The van der Waals surface area contributed by atoms with E-state index in [2.05, 4.69) is 15.3 Å². The van der Waals surface area contributed by atoms with Crippen molar-refractivity contribution in [1.29, 1.82) is 5.41 Å². The molecule has 3 rings (SSSR count). The summed E-state index contributed by atoms with van der Waals surface area (Å²) < 4.78 is 43.0. The molecule has 208 valence electrons. The quantitative estimate of drug-likeness (QED) is 0.156. The number of anilines is 5. The maximum absolute atomic E-state index is 14.9. The van der Waals surface area contributed by atoms with E-state index in [0.717, 1.165) is 19.3 Å². The number of amides is 1. The number of halogens is 3. The number of alkyl halides is 2. The van der Waals surface area contributed by atoms with Crippen LogP contribution in [0.4, 0.5) is 42.0 Å². The summed E-state index contributed by atoms with van der Waals surface area (Å²) in [7, 11) is 1.58. The van der Waals surface area contributed by atoms with Crippen molar-refractivity contribution >= 4 is 46.7 Å². The first-order chi connectivity index (χ1) is 18.4. The summed E-state index contributed by atoms with van der Waals surface area (Å²) in [6.45, 7) is 2.26. The van der Waals surface area contributed by atoms with E-state index in [-0.39, 0.29) is 11.8 Å². The lowest BCUT2D eigenvalue weighted by Crippen LogP contribution is -2.24. The molecule has 0 atom stereocenters. The molecule has 2 aromatic carbocycles. The van der Waals surface area contributed by atoms with Gasteiger partial charge in [-0.25, -0.2) is 9.37 Å². The molecule has 0 aliphatic rings. The molecular formula is C26H30F3N7O3. The number of ether oxygens (including phenoxy) is 1. The number of ketones is 1. The highest BCUT2D eigenvalue weighted by atomic mass is 19.3. The highest BCUT2D eigenvalue weighted by Gasteiger charge is 2.27. The fraction of sp³-hybridized carbons (Fsp3) is 0.269. The van der Waals surface area contributed by atoms with Gasteiger partial charge in [-0.1, -0.05) is 12.1 Å². The molecule has 0 radical (unpaired) electrons. The van der Waals surface area contributed by atoms with Gasteiger partial charge in [-0.2, -0.15) is 13.8 Å². The predicted octanol–water partition coefficient (Wildman–Crippen LogP) is 4.44. The van der Waals surface area contributed by atoms with Gasteiger partial charge in [-0.3, -0.25) is 9.59 Å². The zero-order chi connectivity index (χ0) is 29.2. The summed E-state index contributed by atoms with van der Waals surface area (Å²) in [6.07, 6.45) is 2.76. The van der Waals surface area contributed by atoms with Crippen LogP contribution in [0.25, 0.3) is 0 Å². The Labute approximate surface area is 223 Å². The average Bonchev–Trinajstić information content (AvgIpc) is 2.88. The van der Waals surface area contributed by atoms with Crippen molar-refractivity contribution in [2.24, 2.45) is 5.73 Å². The number of hydrogen-bond donors (Lipinski definition) is 4. The van der Waals surface area contributed by atoms with Crippen LogP contribution < -0.4 is 21.7 Å². The third-order valence-electron chi connectivity index (χ3n) is 5.28. The SMILES string of the molecule is CC(=O)C(C)(F)F.COCCCN(c1cccc(N)c1C=N)c1nc(Nc2cccc(C(N)=O)c2)ncc1F. The number of primary amides is 1. The highest BCUT2D eigenvalue weighted by Crippen LogP contribution is 2.32. The number of methoxy groups -OCH3 is 1. The maximum atomic E-state index is 14.9. The second-order valence-corrected chi connectivity index (χ2v) is 8.30. The van der Waals surface area contributed by atoms with Gasteiger partial charge in [-0.05, 0) is 36.8 Å². The third-order valence-corrected chi connectivity index (χ3v) is 5.28. The van der Waals surface area contributed by atoms with E-state index in [4.69, 9.17) is 21.6 Å². The molecule has 6 N–H and O–H groups in total. The molecule has 1 aromatic heterocycles. The van der Waals surface area contributed by atoms with Gasteiger partial charge in [0.2, 0.25) is 11.9 Å². The van der Waals surface area contributed by atoms with Crippen molar-refractivity contribution in [3.63, 3.8) is 0 Å². The molecule has 39 heavy (non-hydrogen) atoms. The number of hydrogen-bond acceptors (Lipinski definition) is 9. The maximum Gasteiger partial charge on any atom is 0.302 e. The molecule has 0 aliphatic heterocycles. The van der Waals surface area contributed by atoms with Crippen molar-refractivity contribution < 1.29 is 27.5 Å². The van der Waals surface area contributed by atoms with Crippen LogP contribution in [0.5, 0.6) is 0 Å². The van der Waals surface area contributed by atoms with Gasteiger partial charge in [0.15, 0.2) is 17.4 Å². The summed E-state index contributed by atoms with van der Waals surface area (Å²) in [5.74, 6) is -5.30. The number of carbonyl (C=O) groups excluding carboxylic acids is 2.